The molecule has 0 unspecified atom stereocenters. The first kappa shape index (κ1) is 19.7. The molecule has 0 N–H and O–H groups in total. The Morgan fingerprint density at radius 2 is 1.46 bits per heavy atom. The van der Waals surface area contributed by atoms with Crippen LogP contribution in [0.5, 0.6) is 0 Å². The fourth-order valence-corrected chi connectivity index (χ4v) is 0.950. The molecule has 0 aliphatic heterocycles. The molecule has 1 nitrogen and oxygen atoms in total. The van der Waals surface area contributed by atoms with Crippen LogP contribution in [0.2, 0.25) is 5.09 Å². The summed E-state index contributed by atoms with van der Waals surface area (Å²) in [5, 5.41) is 5.62. The molecule has 0 saturated heterocycles. The Labute approximate surface area is 106 Å². The van der Waals surface area contributed by atoms with Gasteiger partial charge >= 0.3 is 61.4 Å². The third kappa shape index (κ3) is 32.0. The van der Waals surface area contributed by atoms with Gasteiger partial charge in [-0.05, 0) is 0 Å². The topological polar surface area (TPSA) is 14.1 Å². The van der Waals surface area contributed by atoms with Crippen LogP contribution >= 0.6 is 0 Å². The predicted molar refractivity (Wildman–Crippen MR) is 59.1 cm³/mol. The van der Waals surface area contributed by atoms with E-state index < -0.39 is 0 Å². The SMILES string of the molecule is CC(C)[N-]C(C)C.[Li+].[Li][CH2]CCC. The summed E-state index contributed by atoms with van der Waals surface area (Å²) in [4.78, 5) is 0. The van der Waals surface area contributed by atoms with E-state index in [-0.39, 0.29) is 18.9 Å². The number of unbranched alkanes of at least 4 members (excludes halogenated alkanes) is 1. The first-order chi connectivity index (χ1) is 5.54. The van der Waals surface area contributed by atoms with E-state index in [2.05, 4.69) is 57.7 Å². The molecule has 0 aromatic heterocycles. The van der Waals surface area contributed by atoms with Gasteiger partial charge in [0, 0.05) is 0 Å². The summed E-state index contributed by atoms with van der Waals surface area (Å²) in [5.74, 6) is 0. The zero-order chi connectivity index (χ0) is 9.98. The van der Waals surface area contributed by atoms with Crippen LogP contribution in [-0.2, 0) is 0 Å². The average Bonchev–Trinajstić information content (AvgIpc) is 1.87. The number of rotatable bonds is 4. The summed E-state index contributed by atoms with van der Waals surface area (Å²) in [5.41, 5.74) is 0. The summed E-state index contributed by atoms with van der Waals surface area (Å²) in [6.07, 6.45) is 2.73. The van der Waals surface area contributed by atoms with Crippen molar-refractivity contribution in [3.8, 4) is 0 Å². The third-order valence-corrected chi connectivity index (χ3v) is 1.30. The van der Waals surface area contributed by atoms with Gasteiger partial charge in [0.25, 0.3) is 0 Å². The Bertz CT molecular complexity index is 67.3. The van der Waals surface area contributed by atoms with Crippen LogP contribution < -0.4 is 18.9 Å². The summed E-state index contributed by atoms with van der Waals surface area (Å²) >= 11 is 2.21. The van der Waals surface area contributed by atoms with E-state index in [4.69, 9.17) is 0 Å². The molecular formula is C10H23Li2N. The van der Waals surface area contributed by atoms with Crippen LogP contribution in [-0.4, -0.2) is 29.8 Å². The molecule has 3 heteroatoms. The molecular weight excluding hydrogens is 148 g/mol. The Morgan fingerprint density at radius 1 is 1.08 bits per heavy atom. The molecule has 0 amide bonds. The minimum atomic E-state index is 0. The van der Waals surface area contributed by atoms with Crippen molar-refractivity contribution in [2.45, 2.75) is 64.6 Å². The fraction of sp³-hybridized carbons (Fsp3) is 1.00. The second-order valence-electron chi connectivity index (χ2n) is 3.69. The predicted octanol–water partition coefficient (Wildman–Crippen LogP) is 0.554. The Balaban J connectivity index is -0.000000150. The van der Waals surface area contributed by atoms with Crippen molar-refractivity contribution in [2.75, 3.05) is 0 Å². The monoisotopic (exact) mass is 171 g/mol. The molecule has 0 aliphatic rings. The maximum atomic E-state index is 4.28. The van der Waals surface area contributed by atoms with Gasteiger partial charge in [-0.1, -0.05) is 27.7 Å². The van der Waals surface area contributed by atoms with Crippen LogP contribution in [0.3, 0.4) is 0 Å². The Kier molecular flexibility index (Phi) is 23.7. The third-order valence-electron chi connectivity index (χ3n) is 1.30. The minimum absolute atomic E-state index is 0. The summed E-state index contributed by atoms with van der Waals surface area (Å²) in [6, 6.07) is 1.000. The Morgan fingerprint density at radius 3 is 1.46 bits per heavy atom. The van der Waals surface area contributed by atoms with Crippen molar-refractivity contribution < 1.29 is 18.9 Å². The second kappa shape index (κ2) is 15.6. The molecule has 0 aromatic carbocycles. The van der Waals surface area contributed by atoms with Crippen molar-refractivity contribution in [2.24, 2.45) is 0 Å². The van der Waals surface area contributed by atoms with Gasteiger partial charge in [0.05, 0.1) is 0 Å². The van der Waals surface area contributed by atoms with E-state index in [1.165, 1.54) is 17.9 Å². The zero-order valence-electron chi connectivity index (χ0n) is 10.7. The first-order valence-electron chi connectivity index (χ1n) is 5.24. The summed E-state index contributed by atoms with van der Waals surface area (Å²) in [6.45, 7) is 10.6. The van der Waals surface area contributed by atoms with Crippen molar-refractivity contribution >= 4 is 17.7 Å². The van der Waals surface area contributed by atoms with Crippen LogP contribution in [0.1, 0.15) is 47.5 Å². The van der Waals surface area contributed by atoms with E-state index in [9.17, 15) is 0 Å². The molecule has 0 atom stereocenters. The zero-order valence-corrected chi connectivity index (χ0v) is 10.7. The van der Waals surface area contributed by atoms with Gasteiger partial charge in [-0.2, -0.15) is 0 Å². The molecule has 70 valence electrons. The van der Waals surface area contributed by atoms with E-state index in [0.29, 0.717) is 12.1 Å². The fourth-order valence-electron chi connectivity index (χ4n) is 0.950. The number of hydrogen-bond donors (Lipinski definition) is 0. The summed E-state index contributed by atoms with van der Waals surface area (Å²) in [7, 11) is 0. The molecule has 0 aliphatic carbocycles. The van der Waals surface area contributed by atoms with E-state index >= 15 is 0 Å². The molecule has 0 rings (SSSR count). The molecule has 0 spiro atoms. The van der Waals surface area contributed by atoms with Gasteiger partial charge in [0.15, 0.2) is 0 Å². The van der Waals surface area contributed by atoms with Gasteiger partial charge in [0.2, 0.25) is 0 Å². The van der Waals surface area contributed by atoms with E-state index in [1.807, 2.05) is 0 Å². The molecule has 0 saturated carbocycles. The normalized spacial score (nSPS) is 9.31. The van der Waals surface area contributed by atoms with E-state index in [0.717, 1.165) is 0 Å². The van der Waals surface area contributed by atoms with Crippen molar-refractivity contribution in [1.29, 1.82) is 0 Å². The molecule has 0 bridgehead atoms. The number of nitrogens with zero attached hydrogens (tertiary/aromatic N) is 1. The molecule has 13 heavy (non-hydrogen) atoms. The van der Waals surface area contributed by atoms with Gasteiger partial charge < -0.3 is 5.32 Å². The van der Waals surface area contributed by atoms with Crippen LogP contribution in [0.4, 0.5) is 0 Å². The van der Waals surface area contributed by atoms with Crippen LogP contribution in [0.15, 0.2) is 0 Å². The molecule has 0 aromatic rings. The average molecular weight is 171 g/mol. The quantitative estimate of drug-likeness (QED) is 0.548. The van der Waals surface area contributed by atoms with Crippen molar-refractivity contribution in [3.63, 3.8) is 0 Å². The van der Waals surface area contributed by atoms with Crippen molar-refractivity contribution in [3.05, 3.63) is 5.32 Å². The van der Waals surface area contributed by atoms with Gasteiger partial charge in [-0.25, -0.2) is 0 Å². The first-order valence-corrected chi connectivity index (χ1v) is 5.24. The molecule has 0 fully saturated rings. The standard InChI is InChI=1S/C6H14N.C4H9.2Li/c1-5(2)7-6(3)4;1-3-4-2;;/h5-6H,1-4H3;1,3-4H2,2H3;;/q-1;;;+1. The van der Waals surface area contributed by atoms with Crippen molar-refractivity contribution in [1.82, 2.24) is 0 Å². The van der Waals surface area contributed by atoms with Crippen LogP contribution in [0.25, 0.3) is 5.32 Å². The van der Waals surface area contributed by atoms with E-state index in [1.54, 1.807) is 0 Å². The number of hydrogen-bond acceptors (Lipinski definition) is 0. The molecule has 0 radical (unpaired) electrons. The van der Waals surface area contributed by atoms with Gasteiger partial charge in [0.1, 0.15) is 0 Å². The second-order valence-corrected chi connectivity index (χ2v) is 3.69. The summed E-state index contributed by atoms with van der Waals surface area (Å²) < 4.78 is 0. The van der Waals surface area contributed by atoms with Gasteiger partial charge in [-0.3, -0.25) is 0 Å². The van der Waals surface area contributed by atoms with Gasteiger partial charge in [-0.15, -0.1) is 12.1 Å². The van der Waals surface area contributed by atoms with Crippen LogP contribution in [0, 0.1) is 0 Å². The molecule has 0 heterocycles. The maximum absolute atomic E-state index is 4.28. The Hall–Kier alpha value is 1.15.